The topological polar surface area (TPSA) is 69.4 Å². The van der Waals surface area contributed by atoms with E-state index in [-0.39, 0.29) is 5.75 Å². The Balaban J connectivity index is 3.06. The van der Waals surface area contributed by atoms with Crippen molar-refractivity contribution in [2.45, 2.75) is 5.72 Å². The number of ether oxygens (including phenoxy) is 1. The maximum absolute atomic E-state index is 11.2. The highest BCUT2D eigenvalue weighted by molar-refractivity contribution is 7.90. The highest BCUT2D eigenvalue weighted by atomic mass is 32.2. The van der Waals surface area contributed by atoms with E-state index in [9.17, 15) is 8.42 Å². The Labute approximate surface area is 90.0 Å². The molecule has 0 bridgehead atoms. The molecule has 0 spiro atoms. The molecule has 1 unspecified atom stereocenters. The molecule has 0 saturated heterocycles. The van der Waals surface area contributed by atoms with Gasteiger partial charge in [-0.15, -0.1) is 0 Å². The van der Waals surface area contributed by atoms with Crippen molar-refractivity contribution >= 4 is 9.84 Å². The number of hydrogen-bond donors (Lipinski definition) is 1. The monoisotopic (exact) mass is 229 g/mol. The molecule has 0 radical (unpaired) electrons. The lowest BCUT2D eigenvalue weighted by Crippen LogP contribution is -2.44. The Kier molecular flexibility index (Phi) is 3.49. The van der Waals surface area contributed by atoms with Crippen LogP contribution in [0, 0.1) is 0 Å². The quantitative estimate of drug-likeness (QED) is 0.763. The predicted molar refractivity (Wildman–Crippen MR) is 59.0 cm³/mol. The zero-order valence-corrected chi connectivity index (χ0v) is 9.62. The molecule has 0 aliphatic rings. The first-order chi connectivity index (χ1) is 6.87. The summed E-state index contributed by atoms with van der Waals surface area (Å²) in [5.74, 6) is -0.236. The summed E-state index contributed by atoms with van der Waals surface area (Å²) in [6.07, 6.45) is 1.14. The summed E-state index contributed by atoms with van der Waals surface area (Å²) in [5.41, 5.74) is 5.29. The summed E-state index contributed by atoms with van der Waals surface area (Å²) in [7, 11) is -1.79. The van der Waals surface area contributed by atoms with Gasteiger partial charge < -0.3 is 4.74 Å². The number of hydrogen-bond acceptors (Lipinski definition) is 4. The highest BCUT2D eigenvalue weighted by Crippen LogP contribution is 2.20. The van der Waals surface area contributed by atoms with Gasteiger partial charge in [0.15, 0.2) is 15.6 Å². The molecule has 84 valence electrons. The Morgan fingerprint density at radius 2 is 1.87 bits per heavy atom. The lowest BCUT2D eigenvalue weighted by molar-refractivity contribution is 0.0109. The van der Waals surface area contributed by atoms with Crippen LogP contribution in [0.1, 0.15) is 5.56 Å². The molecule has 0 heterocycles. The molecule has 2 N–H and O–H groups in total. The molecule has 15 heavy (non-hydrogen) atoms. The van der Waals surface area contributed by atoms with Crippen molar-refractivity contribution in [3.8, 4) is 0 Å². The van der Waals surface area contributed by atoms with Crippen molar-refractivity contribution in [3.05, 3.63) is 35.9 Å². The molecule has 0 aromatic heterocycles. The minimum absolute atomic E-state index is 0.236. The molecular formula is C10H15NO3S. The minimum Gasteiger partial charge on any atom is -0.359 e. The van der Waals surface area contributed by atoms with Crippen molar-refractivity contribution in [1.29, 1.82) is 0 Å². The van der Waals surface area contributed by atoms with Crippen molar-refractivity contribution in [1.82, 2.24) is 0 Å². The van der Waals surface area contributed by atoms with E-state index < -0.39 is 15.6 Å². The molecule has 0 saturated carbocycles. The van der Waals surface area contributed by atoms with Crippen LogP contribution in [0.4, 0.5) is 0 Å². The van der Waals surface area contributed by atoms with Gasteiger partial charge in [0.25, 0.3) is 0 Å². The van der Waals surface area contributed by atoms with Crippen LogP contribution in [-0.2, 0) is 20.3 Å². The zero-order chi connectivity index (χ0) is 11.5. The van der Waals surface area contributed by atoms with Crippen LogP contribution in [-0.4, -0.2) is 27.5 Å². The van der Waals surface area contributed by atoms with Crippen molar-refractivity contribution in [2.75, 3.05) is 19.1 Å². The van der Waals surface area contributed by atoms with E-state index in [1.54, 1.807) is 24.3 Å². The van der Waals surface area contributed by atoms with E-state index in [4.69, 9.17) is 10.5 Å². The van der Waals surface area contributed by atoms with Gasteiger partial charge in [0, 0.05) is 13.4 Å². The number of benzene rings is 1. The van der Waals surface area contributed by atoms with E-state index in [0.29, 0.717) is 5.56 Å². The first kappa shape index (κ1) is 12.2. The van der Waals surface area contributed by atoms with Crippen LogP contribution in [0.15, 0.2) is 30.3 Å². The third-order valence-electron chi connectivity index (χ3n) is 2.10. The number of rotatable bonds is 4. The highest BCUT2D eigenvalue weighted by Gasteiger charge is 2.31. The maximum atomic E-state index is 11.2. The molecule has 1 atom stereocenters. The number of nitrogens with two attached hydrogens (primary N) is 1. The van der Waals surface area contributed by atoms with Gasteiger partial charge in [-0.2, -0.15) is 0 Å². The normalized spacial score (nSPS) is 15.9. The van der Waals surface area contributed by atoms with Gasteiger partial charge in [-0.25, -0.2) is 8.42 Å². The third-order valence-corrected chi connectivity index (χ3v) is 3.06. The van der Waals surface area contributed by atoms with E-state index in [2.05, 4.69) is 0 Å². The lowest BCUT2D eigenvalue weighted by Gasteiger charge is -2.27. The molecule has 1 aromatic rings. The molecular weight excluding hydrogens is 214 g/mol. The second-order valence-corrected chi connectivity index (χ2v) is 5.67. The average Bonchev–Trinajstić information content (AvgIpc) is 2.16. The average molecular weight is 229 g/mol. The first-order valence-corrected chi connectivity index (χ1v) is 6.51. The van der Waals surface area contributed by atoms with Gasteiger partial charge in [-0.1, -0.05) is 30.3 Å². The molecule has 5 heteroatoms. The summed E-state index contributed by atoms with van der Waals surface area (Å²) in [4.78, 5) is 0. The molecule has 4 nitrogen and oxygen atoms in total. The van der Waals surface area contributed by atoms with Gasteiger partial charge in [0.1, 0.15) is 0 Å². The summed E-state index contributed by atoms with van der Waals surface area (Å²) in [5, 5.41) is 0. The second kappa shape index (κ2) is 4.30. The van der Waals surface area contributed by atoms with Crippen molar-refractivity contribution in [2.24, 2.45) is 5.73 Å². The van der Waals surface area contributed by atoms with E-state index >= 15 is 0 Å². The molecule has 1 rings (SSSR count). The van der Waals surface area contributed by atoms with E-state index in [1.165, 1.54) is 7.11 Å². The fraction of sp³-hybridized carbons (Fsp3) is 0.400. The van der Waals surface area contributed by atoms with Gasteiger partial charge >= 0.3 is 0 Å². The predicted octanol–water partition coefficient (Wildman–Crippen LogP) is 0.489. The van der Waals surface area contributed by atoms with Crippen LogP contribution in [0.25, 0.3) is 0 Å². The maximum Gasteiger partial charge on any atom is 0.156 e. The molecule has 1 aromatic carbocycles. The van der Waals surface area contributed by atoms with E-state index in [1.807, 2.05) is 6.07 Å². The van der Waals surface area contributed by atoms with Crippen molar-refractivity contribution in [3.63, 3.8) is 0 Å². The van der Waals surface area contributed by atoms with Crippen LogP contribution < -0.4 is 5.73 Å². The Bertz CT molecular complexity index is 416. The summed E-state index contributed by atoms with van der Waals surface area (Å²) >= 11 is 0. The number of sulfone groups is 1. The summed E-state index contributed by atoms with van der Waals surface area (Å²) in [6.45, 7) is 0. The second-order valence-electron chi connectivity index (χ2n) is 3.53. The summed E-state index contributed by atoms with van der Waals surface area (Å²) in [6, 6.07) is 8.90. The van der Waals surface area contributed by atoms with Gasteiger partial charge in [-0.05, 0) is 5.56 Å². The van der Waals surface area contributed by atoms with Crippen LogP contribution in [0.3, 0.4) is 0 Å². The van der Waals surface area contributed by atoms with Crippen LogP contribution in [0.5, 0.6) is 0 Å². The Hall–Kier alpha value is -0.910. The van der Waals surface area contributed by atoms with Crippen molar-refractivity contribution < 1.29 is 13.2 Å². The van der Waals surface area contributed by atoms with Crippen LogP contribution >= 0.6 is 0 Å². The Morgan fingerprint density at radius 1 is 1.33 bits per heavy atom. The standard InChI is InChI=1S/C10H15NO3S/c1-14-10(11,8-15(2,12)13)9-6-4-3-5-7-9/h3-7H,8,11H2,1-2H3. The summed E-state index contributed by atoms with van der Waals surface area (Å²) < 4.78 is 27.5. The fourth-order valence-corrected chi connectivity index (χ4v) is 2.43. The zero-order valence-electron chi connectivity index (χ0n) is 8.80. The van der Waals surface area contributed by atoms with Crippen LogP contribution in [0.2, 0.25) is 0 Å². The number of methoxy groups -OCH3 is 1. The van der Waals surface area contributed by atoms with Gasteiger partial charge in [0.05, 0.1) is 5.75 Å². The molecule has 0 fully saturated rings. The SMILES string of the molecule is COC(N)(CS(C)(=O)=O)c1ccccc1. The lowest BCUT2D eigenvalue weighted by atomic mass is 10.1. The van der Waals surface area contributed by atoms with Gasteiger partial charge in [0.2, 0.25) is 0 Å². The first-order valence-electron chi connectivity index (χ1n) is 4.45. The molecule has 0 aliphatic carbocycles. The van der Waals surface area contributed by atoms with Gasteiger partial charge in [-0.3, -0.25) is 5.73 Å². The molecule has 0 amide bonds. The molecule has 0 aliphatic heterocycles. The fourth-order valence-electron chi connectivity index (χ4n) is 1.37. The smallest absolute Gasteiger partial charge is 0.156 e. The Morgan fingerprint density at radius 3 is 2.27 bits per heavy atom. The largest absolute Gasteiger partial charge is 0.359 e. The third kappa shape index (κ3) is 3.30. The van der Waals surface area contributed by atoms with E-state index in [0.717, 1.165) is 6.26 Å². The minimum atomic E-state index is -3.19.